The molecule has 0 amide bonds. The third-order valence-corrected chi connectivity index (χ3v) is 3.68. The average Bonchev–Trinajstić information content (AvgIpc) is 2.56. The van der Waals surface area contributed by atoms with Gasteiger partial charge in [-0.2, -0.15) is 0 Å². The molecule has 1 aliphatic rings. The zero-order valence-corrected chi connectivity index (χ0v) is 12.1. The Bertz CT molecular complexity index is 564. The van der Waals surface area contributed by atoms with E-state index in [-0.39, 0.29) is 0 Å². The SMILES string of the molecule is CC(O)c1ccc(N2CCN(c3ncccn3)CC2)cn1. The lowest BCUT2D eigenvalue weighted by atomic mass is 10.2. The van der Waals surface area contributed by atoms with E-state index < -0.39 is 6.10 Å². The van der Waals surface area contributed by atoms with Crippen molar-refractivity contribution in [2.24, 2.45) is 0 Å². The number of aliphatic hydroxyl groups is 1. The summed E-state index contributed by atoms with van der Waals surface area (Å²) in [7, 11) is 0. The minimum atomic E-state index is -0.522. The number of rotatable bonds is 3. The van der Waals surface area contributed by atoms with E-state index in [1.165, 1.54) is 0 Å². The quantitative estimate of drug-likeness (QED) is 0.915. The fraction of sp³-hybridized carbons (Fsp3) is 0.400. The Labute approximate surface area is 124 Å². The van der Waals surface area contributed by atoms with Gasteiger partial charge in [0.15, 0.2) is 0 Å². The van der Waals surface area contributed by atoms with E-state index in [9.17, 15) is 5.11 Å². The van der Waals surface area contributed by atoms with Gasteiger partial charge >= 0.3 is 0 Å². The number of anilines is 2. The van der Waals surface area contributed by atoms with Crippen LogP contribution >= 0.6 is 0 Å². The molecule has 0 radical (unpaired) electrons. The fourth-order valence-corrected chi connectivity index (χ4v) is 2.45. The molecule has 0 aromatic carbocycles. The molecule has 6 heteroatoms. The number of hydrogen-bond donors (Lipinski definition) is 1. The van der Waals surface area contributed by atoms with Gasteiger partial charge in [-0.15, -0.1) is 0 Å². The monoisotopic (exact) mass is 285 g/mol. The molecule has 0 saturated carbocycles. The van der Waals surface area contributed by atoms with Gasteiger partial charge in [-0.05, 0) is 25.1 Å². The molecule has 3 heterocycles. The van der Waals surface area contributed by atoms with E-state index in [0.29, 0.717) is 5.69 Å². The van der Waals surface area contributed by atoms with Gasteiger partial charge in [0.25, 0.3) is 0 Å². The molecule has 1 saturated heterocycles. The smallest absolute Gasteiger partial charge is 0.225 e. The van der Waals surface area contributed by atoms with E-state index in [0.717, 1.165) is 37.8 Å². The van der Waals surface area contributed by atoms with Gasteiger partial charge in [0, 0.05) is 38.6 Å². The second-order valence-corrected chi connectivity index (χ2v) is 5.14. The molecule has 21 heavy (non-hydrogen) atoms. The maximum absolute atomic E-state index is 9.49. The minimum Gasteiger partial charge on any atom is -0.387 e. The summed E-state index contributed by atoms with van der Waals surface area (Å²) in [6.45, 7) is 5.33. The molecule has 1 unspecified atom stereocenters. The summed E-state index contributed by atoms with van der Waals surface area (Å²) in [6, 6.07) is 5.73. The van der Waals surface area contributed by atoms with Gasteiger partial charge in [-0.25, -0.2) is 9.97 Å². The Morgan fingerprint density at radius 2 is 1.67 bits per heavy atom. The molecular weight excluding hydrogens is 266 g/mol. The Morgan fingerprint density at radius 1 is 1.00 bits per heavy atom. The van der Waals surface area contributed by atoms with Crippen LogP contribution in [0.5, 0.6) is 0 Å². The largest absolute Gasteiger partial charge is 0.387 e. The van der Waals surface area contributed by atoms with Crippen molar-refractivity contribution in [2.75, 3.05) is 36.0 Å². The van der Waals surface area contributed by atoms with Crippen molar-refractivity contribution in [1.29, 1.82) is 0 Å². The molecule has 110 valence electrons. The van der Waals surface area contributed by atoms with E-state index in [2.05, 4.69) is 24.8 Å². The van der Waals surface area contributed by atoms with Crippen molar-refractivity contribution in [2.45, 2.75) is 13.0 Å². The van der Waals surface area contributed by atoms with Crippen molar-refractivity contribution in [1.82, 2.24) is 15.0 Å². The first-order valence-corrected chi connectivity index (χ1v) is 7.15. The highest BCUT2D eigenvalue weighted by Crippen LogP contribution is 2.19. The van der Waals surface area contributed by atoms with Crippen LogP contribution in [-0.4, -0.2) is 46.2 Å². The molecule has 6 nitrogen and oxygen atoms in total. The van der Waals surface area contributed by atoms with E-state index in [1.54, 1.807) is 19.3 Å². The molecule has 2 aromatic heterocycles. The van der Waals surface area contributed by atoms with E-state index >= 15 is 0 Å². The van der Waals surface area contributed by atoms with E-state index in [1.807, 2.05) is 24.4 Å². The molecule has 0 aliphatic carbocycles. The van der Waals surface area contributed by atoms with Crippen molar-refractivity contribution in [3.05, 3.63) is 42.5 Å². The van der Waals surface area contributed by atoms with Crippen molar-refractivity contribution in [3.8, 4) is 0 Å². The van der Waals surface area contributed by atoms with Gasteiger partial charge in [0.2, 0.25) is 5.95 Å². The summed E-state index contributed by atoms with van der Waals surface area (Å²) >= 11 is 0. The molecule has 1 N–H and O–H groups in total. The maximum Gasteiger partial charge on any atom is 0.225 e. The molecule has 0 spiro atoms. The van der Waals surface area contributed by atoms with Crippen LogP contribution in [0.25, 0.3) is 0 Å². The number of aromatic nitrogens is 3. The predicted octanol–water partition coefficient (Wildman–Crippen LogP) is 1.25. The highest BCUT2D eigenvalue weighted by Gasteiger charge is 2.19. The lowest BCUT2D eigenvalue weighted by Crippen LogP contribution is -2.47. The molecule has 0 bridgehead atoms. The first-order valence-electron chi connectivity index (χ1n) is 7.15. The van der Waals surface area contributed by atoms with Crippen molar-refractivity contribution in [3.63, 3.8) is 0 Å². The van der Waals surface area contributed by atoms with Crippen molar-refractivity contribution < 1.29 is 5.11 Å². The number of nitrogens with zero attached hydrogens (tertiary/aromatic N) is 5. The van der Waals surface area contributed by atoms with Gasteiger partial charge < -0.3 is 14.9 Å². The Hall–Kier alpha value is -2.21. The number of pyridine rings is 1. The van der Waals surface area contributed by atoms with Crippen LogP contribution < -0.4 is 9.80 Å². The average molecular weight is 285 g/mol. The third kappa shape index (κ3) is 3.11. The van der Waals surface area contributed by atoms with Crippen LogP contribution in [0.3, 0.4) is 0 Å². The van der Waals surface area contributed by atoms with Crippen LogP contribution in [0.15, 0.2) is 36.8 Å². The van der Waals surface area contributed by atoms with Crippen molar-refractivity contribution >= 4 is 11.6 Å². The van der Waals surface area contributed by atoms with Gasteiger partial charge in [-0.3, -0.25) is 4.98 Å². The number of aliphatic hydroxyl groups excluding tert-OH is 1. The van der Waals surface area contributed by atoms with Crippen LogP contribution in [0.4, 0.5) is 11.6 Å². The lowest BCUT2D eigenvalue weighted by Gasteiger charge is -2.35. The normalized spacial score (nSPS) is 16.9. The molecule has 1 fully saturated rings. The number of piperazine rings is 1. The summed E-state index contributed by atoms with van der Waals surface area (Å²) < 4.78 is 0. The Kier molecular flexibility index (Phi) is 3.96. The topological polar surface area (TPSA) is 65.4 Å². The molecule has 1 atom stereocenters. The second-order valence-electron chi connectivity index (χ2n) is 5.14. The molecule has 2 aromatic rings. The van der Waals surface area contributed by atoms with Crippen LogP contribution in [0, 0.1) is 0 Å². The summed E-state index contributed by atoms with van der Waals surface area (Å²) in [6.07, 6.45) is 4.85. The lowest BCUT2D eigenvalue weighted by molar-refractivity contribution is 0.194. The first-order chi connectivity index (χ1) is 10.2. The zero-order chi connectivity index (χ0) is 14.7. The zero-order valence-electron chi connectivity index (χ0n) is 12.1. The summed E-state index contributed by atoms with van der Waals surface area (Å²) in [5.74, 6) is 0.791. The molecular formula is C15H19N5O. The second kappa shape index (κ2) is 6.05. The summed E-state index contributed by atoms with van der Waals surface area (Å²) in [5.41, 5.74) is 1.79. The van der Waals surface area contributed by atoms with Gasteiger partial charge in [-0.1, -0.05) is 0 Å². The Morgan fingerprint density at radius 3 is 2.24 bits per heavy atom. The van der Waals surface area contributed by atoms with Crippen LogP contribution in [-0.2, 0) is 0 Å². The third-order valence-electron chi connectivity index (χ3n) is 3.68. The maximum atomic E-state index is 9.49. The Balaban J connectivity index is 1.63. The summed E-state index contributed by atoms with van der Waals surface area (Å²) in [5, 5.41) is 9.49. The van der Waals surface area contributed by atoms with Crippen LogP contribution in [0.2, 0.25) is 0 Å². The van der Waals surface area contributed by atoms with E-state index in [4.69, 9.17) is 0 Å². The minimum absolute atomic E-state index is 0.522. The summed E-state index contributed by atoms with van der Waals surface area (Å²) in [4.78, 5) is 17.4. The molecule has 1 aliphatic heterocycles. The van der Waals surface area contributed by atoms with Gasteiger partial charge in [0.05, 0.1) is 23.7 Å². The predicted molar refractivity (Wildman–Crippen MR) is 81.3 cm³/mol. The number of hydrogen-bond acceptors (Lipinski definition) is 6. The highest BCUT2D eigenvalue weighted by atomic mass is 16.3. The fourth-order valence-electron chi connectivity index (χ4n) is 2.45. The standard InChI is InChI=1S/C15H19N5O/c1-12(21)14-4-3-13(11-18-14)19-7-9-20(10-8-19)15-16-5-2-6-17-15/h2-6,11-12,21H,7-10H2,1H3. The molecule has 3 rings (SSSR count). The first kappa shape index (κ1) is 13.8. The highest BCUT2D eigenvalue weighted by molar-refractivity contribution is 5.47. The van der Waals surface area contributed by atoms with Crippen LogP contribution in [0.1, 0.15) is 18.7 Å². The van der Waals surface area contributed by atoms with Gasteiger partial charge in [0.1, 0.15) is 0 Å².